The molecule has 2 heterocycles. The van der Waals surface area contributed by atoms with Crippen molar-refractivity contribution in [1.82, 2.24) is 0 Å². The van der Waals surface area contributed by atoms with Crippen molar-refractivity contribution in [2.75, 3.05) is 27.1 Å². The van der Waals surface area contributed by atoms with Crippen LogP contribution in [-0.2, 0) is 24.6 Å². The van der Waals surface area contributed by atoms with Crippen molar-refractivity contribution in [3.05, 3.63) is 120 Å². The molecular weight excluding hydrogens is 657 g/mol. The first-order chi connectivity index (χ1) is 23.6. The fraction of sp³-hybridized carbons (Fsp3) is 0.231. The van der Waals surface area contributed by atoms with Crippen LogP contribution in [0.25, 0.3) is 0 Å². The molecule has 1 fully saturated rings. The van der Waals surface area contributed by atoms with Crippen LogP contribution in [0.3, 0.4) is 0 Å². The van der Waals surface area contributed by atoms with Crippen LogP contribution < -0.4 is 19.3 Å². The third-order valence-electron chi connectivity index (χ3n) is 8.48. The van der Waals surface area contributed by atoms with Gasteiger partial charge in [-0.3, -0.25) is 19.2 Å². The average molecular weight is 693 g/mol. The molecule has 0 N–H and O–H groups in total. The summed E-state index contributed by atoms with van der Waals surface area (Å²) in [5.41, 5.74) is 2.96. The number of imide groups is 2. The fourth-order valence-electron chi connectivity index (χ4n) is 5.70. The summed E-state index contributed by atoms with van der Waals surface area (Å²) in [6.45, 7) is 6.42. The lowest BCUT2D eigenvalue weighted by molar-refractivity contribution is -0.122. The van der Waals surface area contributed by atoms with E-state index >= 15 is 0 Å². The smallest absolute Gasteiger partial charge is 0.258 e. The van der Waals surface area contributed by atoms with Crippen molar-refractivity contribution in [3.8, 4) is 23.0 Å². The number of hydrogen-bond acceptors (Lipinski definition) is 8. The van der Waals surface area contributed by atoms with Crippen molar-refractivity contribution < 1.29 is 28.7 Å². The quantitative estimate of drug-likeness (QED) is 0.102. The zero-order valence-electron chi connectivity index (χ0n) is 27.5. The van der Waals surface area contributed by atoms with Crippen LogP contribution in [-0.4, -0.2) is 46.1 Å². The summed E-state index contributed by atoms with van der Waals surface area (Å²) in [4.78, 5) is 51.9. The van der Waals surface area contributed by atoms with Gasteiger partial charge in [0.15, 0.2) is 0 Å². The van der Waals surface area contributed by atoms with Gasteiger partial charge in [-0.15, -0.1) is 11.8 Å². The normalized spacial score (nSPS) is 16.2. The van der Waals surface area contributed by atoms with Gasteiger partial charge < -0.3 is 9.47 Å². The van der Waals surface area contributed by atoms with Crippen molar-refractivity contribution in [1.29, 1.82) is 0 Å². The molecule has 1 unspecified atom stereocenters. The Morgan fingerprint density at radius 1 is 0.633 bits per heavy atom. The van der Waals surface area contributed by atoms with Crippen LogP contribution in [0.4, 0.5) is 11.4 Å². The first kappa shape index (κ1) is 34.1. The number of rotatable bonds is 13. The average Bonchev–Trinajstić information content (AvgIpc) is 3.59. The molecular formula is C39H36N2O6S2. The Balaban J connectivity index is 1.04. The molecule has 0 saturated carbocycles. The zero-order valence-corrected chi connectivity index (χ0v) is 29.1. The molecule has 8 nitrogen and oxygen atoms in total. The lowest BCUT2D eigenvalue weighted by Gasteiger charge is -2.26. The summed E-state index contributed by atoms with van der Waals surface area (Å²) in [7, 11) is 0. The molecule has 1 saturated heterocycles. The molecule has 0 spiro atoms. The van der Waals surface area contributed by atoms with E-state index in [0.717, 1.165) is 33.3 Å². The SMILES string of the molecule is CCSCCSC1CC(=O)N(c2ccc(Oc3ccc(C(C)(C)c4ccc(Oc5ccc(N6C(=O)C=CC6=O)cc5)cc4)cc3)cc2)C1=O. The number of ether oxygens (including phenoxy) is 2. The number of carbonyl (C=O) groups excluding carboxylic acids is 4. The number of carbonyl (C=O) groups is 4. The van der Waals surface area contributed by atoms with E-state index in [1.54, 1.807) is 60.3 Å². The minimum absolute atomic E-state index is 0.148. The molecule has 49 heavy (non-hydrogen) atoms. The molecule has 0 radical (unpaired) electrons. The molecule has 4 amide bonds. The Morgan fingerprint density at radius 2 is 1.06 bits per heavy atom. The Bertz CT molecular complexity index is 1850. The zero-order chi connectivity index (χ0) is 34.5. The number of thioether (sulfide) groups is 2. The molecule has 0 aliphatic carbocycles. The van der Waals surface area contributed by atoms with Gasteiger partial charge in [0.05, 0.1) is 16.6 Å². The molecule has 4 aromatic rings. The van der Waals surface area contributed by atoms with Crippen molar-refractivity contribution >= 4 is 58.5 Å². The van der Waals surface area contributed by atoms with Gasteiger partial charge in [-0.1, -0.05) is 45.0 Å². The highest BCUT2D eigenvalue weighted by molar-refractivity contribution is 8.03. The molecule has 2 aliphatic heterocycles. The maximum absolute atomic E-state index is 12.9. The van der Waals surface area contributed by atoms with Gasteiger partial charge in [-0.05, 0) is 89.7 Å². The van der Waals surface area contributed by atoms with Gasteiger partial charge in [0, 0.05) is 35.5 Å². The first-order valence-electron chi connectivity index (χ1n) is 16.0. The highest BCUT2D eigenvalue weighted by Gasteiger charge is 2.39. The monoisotopic (exact) mass is 692 g/mol. The second-order valence-electron chi connectivity index (χ2n) is 12.0. The summed E-state index contributed by atoms with van der Waals surface area (Å²) in [6.07, 6.45) is 2.75. The number of amides is 4. The van der Waals surface area contributed by atoms with Crippen LogP contribution >= 0.6 is 23.5 Å². The van der Waals surface area contributed by atoms with Crippen LogP contribution in [0, 0.1) is 0 Å². The van der Waals surface area contributed by atoms with Crippen LogP contribution in [0.2, 0.25) is 0 Å². The van der Waals surface area contributed by atoms with Gasteiger partial charge >= 0.3 is 0 Å². The van der Waals surface area contributed by atoms with Crippen LogP contribution in [0.1, 0.15) is 38.3 Å². The number of benzene rings is 4. The molecule has 6 rings (SSSR count). The minimum Gasteiger partial charge on any atom is -0.457 e. The number of nitrogens with zero attached hydrogens (tertiary/aromatic N) is 2. The van der Waals surface area contributed by atoms with E-state index in [2.05, 4.69) is 20.8 Å². The minimum atomic E-state index is -0.360. The Kier molecular flexibility index (Phi) is 10.3. The van der Waals surface area contributed by atoms with Crippen molar-refractivity contribution in [2.45, 2.75) is 37.9 Å². The van der Waals surface area contributed by atoms with E-state index in [1.165, 1.54) is 17.1 Å². The summed E-state index contributed by atoms with van der Waals surface area (Å²) in [5, 5.41) is -0.319. The van der Waals surface area contributed by atoms with E-state index in [1.807, 2.05) is 60.3 Å². The van der Waals surface area contributed by atoms with E-state index in [9.17, 15) is 19.2 Å². The van der Waals surface area contributed by atoms with E-state index in [4.69, 9.17) is 9.47 Å². The van der Waals surface area contributed by atoms with E-state index in [0.29, 0.717) is 34.4 Å². The van der Waals surface area contributed by atoms with Crippen LogP contribution in [0.15, 0.2) is 109 Å². The van der Waals surface area contributed by atoms with Crippen molar-refractivity contribution in [2.24, 2.45) is 0 Å². The van der Waals surface area contributed by atoms with Gasteiger partial charge in [0.1, 0.15) is 23.0 Å². The third-order valence-corrected chi connectivity index (χ3v) is 10.8. The summed E-state index contributed by atoms with van der Waals surface area (Å²) >= 11 is 3.40. The highest BCUT2D eigenvalue weighted by Crippen LogP contribution is 2.36. The third kappa shape index (κ3) is 7.60. The second-order valence-corrected chi connectivity index (χ2v) is 14.7. The topological polar surface area (TPSA) is 93.2 Å². The van der Waals surface area contributed by atoms with E-state index in [-0.39, 0.29) is 40.7 Å². The van der Waals surface area contributed by atoms with Crippen LogP contribution in [0.5, 0.6) is 23.0 Å². The highest BCUT2D eigenvalue weighted by atomic mass is 32.2. The van der Waals surface area contributed by atoms with Crippen molar-refractivity contribution in [3.63, 3.8) is 0 Å². The predicted molar refractivity (Wildman–Crippen MR) is 196 cm³/mol. The van der Waals surface area contributed by atoms with Gasteiger partial charge in [0.2, 0.25) is 11.8 Å². The maximum Gasteiger partial charge on any atom is 0.258 e. The molecule has 4 aromatic carbocycles. The Labute approximate surface area is 294 Å². The predicted octanol–water partition coefficient (Wildman–Crippen LogP) is 8.14. The summed E-state index contributed by atoms with van der Waals surface area (Å²) in [6, 6.07) is 29.7. The molecule has 250 valence electrons. The number of hydrogen-bond donors (Lipinski definition) is 0. The fourth-order valence-corrected chi connectivity index (χ4v) is 7.64. The molecule has 2 aliphatic rings. The Morgan fingerprint density at radius 3 is 1.51 bits per heavy atom. The maximum atomic E-state index is 12.9. The standard InChI is InChI=1S/C39H36N2O6S2/c1-4-48-23-24-49-34-25-37(44)41(38(34)45)29-11-19-33(20-12-29)47-31-15-7-27(8-16-31)39(2,3)26-5-13-30(14-6-26)46-32-17-9-28(10-18-32)40-35(42)21-22-36(40)43/h5-22,34H,4,23-25H2,1-3H3. The largest absolute Gasteiger partial charge is 0.457 e. The summed E-state index contributed by atoms with van der Waals surface area (Å²) < 4.78 is 12.1. The molecule has 1 atom stereocenters. The lowest BCUT2D eigenvalue weighted by Crippen LogP contribution is -2.31. The van der Waals surface area contributed by atoms with E-state index < -0.39 is 0 Å². The van der Waals surface area contributed by atoms with Gasteiger partial charge in [-0.2, -0.15) is 11.8 Å². The summed E-state index contributed by atoms with van der Waals surface area (Å²) in [5.74, 6) is 4.37. The molecule has 10 heteroatoms. The Hall–Kier alpha value is -4.80. The lowest BCUT2D eigenvalue weighted by atomic mass is 9.78. The van der Waals surface area contributed by atoms with Gasteiger partial charge in [0.25, 0.3) is 11.8 Å². The molecule has 0 aromatic heterocycles. The first-order valence-corrected chi connectivity index (χ1v) is 18.2. The number of anilines is 2. The molecule has 0 bridgehead atoms. The van der Waals surface area contributed by atoms with Gasteiger partial charge in [-0.25, -0.2) is 9.80 Å². The second kappa shape index (κ2) is 14.8.